The summed E-state index contributed by atoms with van der Waals surface area (Å²) in [5.41, 5.74) is 0.327. The minimum atomic E-state index is -0.866. The highest BCUT2D eigenvalue weighted by Gasteiger charge is 2.02. The fourth-order valence-electron chi connectivity index (χ4n) is 1.10. The molecule has 0 aliphatic carbocycles. The van der Waals surface area contributed by atoms with Crippen LogP contribution in [0.2, 0.25) is 0 Å². The predicted octanol–water partition coefficient (Wildman–Crippen LogP) is 1.80. The molecule has 0 aromatic carbocycles. The topological polar surface area (TPSA) is 49.3 Å². The fraction of sp³-hybridized carbons (Fsp3) is 0.700. The summed E-state index contributed by atoms with van der Waals surface area (Å²) >= 11 is 0. The van der Waals surface area contributed by atoms with Crippen molar-refractivity contribution in [2.24, 2.45) is 0 Å². The summed E-state index contributed by atoms with van der Waals surface area (Å²) in [5.74, 6) is -0.866. The van der Waals surface area contributed by atoms with E-state index in [-0.39, 0.29) is 0 Å². The van der Waals surface area contributed by atoms with E-state index in [0.717, 1.165) is 32.2 Å². The van der Waals surface area contributed by atoms with E-state index in [1.807, 2.05) is 7.05 Å². The third-order valence-electron chi connectivity index (χ3n) is 1.96. The molecule has 0 amide bonds. The Balaban J connectivity index is 3.16. The molecule has 0 bridgehead atoms. The molecule has 0 saturated carbocycles. The number of hydrogen-bond donors (Lipinski definition) is 2. The maximum absolute atomic E-state index is 10.4. The van der Waals surface area contributed by atoms with Gasteiger partial charge < -0.3 is 10.4 Å². The molecule has 0 aliphatic heterocycles. The quantitative estimate of drug-likeness (QED) is 0.448. The summed E-state index contributed by atoms with van der Waals surface area (Å²) in [7, 11) is 1.94. The number of rotatable bonds is 8. The van der Waals surface area contributed by atoms with Crippen molar-refractivity contribution in [3.63, 3.8) is 0 Å². The van der Waals surface area contributed by atoms with Crippen molar-refractivity contribution in [3.8, 4) is 0 Å². The van der Waals surface area contributed by atoms with Crippen LogP contribution in [-0.2, 0) is 4.79 Å². The minimum Gasteiger partial charge on any atom is -0.478 e. The second kappa shape index (κ2) is 7.80. The fourth-order valence-corrected chi connectivity index (χ4v) is 1.10. The Labute approximate surface area is 79.8 Å². The number of aliphatic carboxylic acids is 1. The van der Waals surface area contributed by atoms with Crippen LogP contribution in [0.3, 0.4) is 0 Å². The first-order valence-electron chi connectivity index (χ1n) is 4.74. The average Bonchev–Trinajstić information content (AvgIpc) is 2.10. The van der Waals surface area contributed by atoms with E-state index in [0.29, 0.717) is 12.0 Å². The van der Waals surface area contributed by atoms with Gasteiger partial charge in [0.15, 0.2) is 0 Å². The first-order chi connectivity index (χ1) is 6.18. The van der Waals surface area contributed by atoms with Crippen molar-refractivity contribution >= 4 is 5.97 Å². The third kappa shape index (κ3) is 7.53. The SMILES string of the molecule is C=C(CCCCCCNC)C(=O)O. The molecule has 3 nitrogen and oxygen atoms in total. The van der Waals surface area contributed by atoms with Gasteiger partial charge in [0, 0.05) is 5.57 Å². The van der Waals surface area contributed by atoms with Gasteiger partial charge in [-0.15, -0.1) is 0 Å². The van der Waals surface area contributed by atoms with Gasteiger partial charge >= 0.3 is 5.97 Å². The smallest absolute Gasteiger partial charge is 0.330 e. The van der Waals surface area contributed by atoms with Gasteiger partial charge in [-0.05, 0) is 32.9 Å². The van der Waals surface area contributed by atoms with Gasteiger partial charge in [0.1, 0.15) is 0 Å². The first-order valence-corrected chi connectivity index (χ1v) is 4.74. The maximum Gasteiger partial charge on any atom is 0.330 e. The molecule has 0 radical (unpaired) electrons. The molecule has 0 unspecified atom stereocenters. The second-order valence-corrected chi connectivity index (χ2v) is 3.18. The summed E-state index contributed by atoms with van der Waals surface area (Å²) in [4.78, 5) is 10.4. The van der Waals surface area contributed by atoms with Gasteiger partial charge in [-0.3, -0.25) is 0 Å². The summed E-state index contributed by atoms with van der Waals surface area (Å²) in [5, 5.41) is 11.6. The molecule has 0 saturated heterocycles. The predicted molar refractivity (Wildman–Crippen MR) is 53.8 cm³/mol. The van der Waals surface area contributed by atoms with Crippen molar-refractivity contribution in [1.82, 2.24) is 5.32 Å². The van der Waals surface area contributed by atoms with E-state index < -0.39 is 5.97 Å². The van der Waals surface area contributed by atoms with E-state index in [9.17, 15) is 4.79 Å². The van der Waals surface area contributed by atoms with E-state index >= 15 is 0 Å². The van der Waals surface area contributed by atoms with E-state index in [2.05, 4.69) is 11.9 Å². The first kappa shape index (κ1) is 12.2. The van der Waals surface area contributed by atoms with Gasteiger partial charge in [0.25, 0.3) is 0 Å². The number of carboxylic acid groups (broad SMARTS) is 1. The van der Waals surface area contributed by atoms with Crippen molar-refractivity contribution in [1.29, 1.82) is 0 Å². The van der Waals surface area contributed by atoms with Crippen molar-refractivity contribution in [2.75, 3.05) is 13.6 Å². The highest BCUT2D eigenvalue weighted by molar-refractivity contribution is 5.85. The van der Waals surface area contributed by atoms with Gasteiger partial charge in [0.2, 0.25) is 0 Å². The van der Waals surface area contributed by atoms with Crippen LogP contribution in [-0.4, -0.2) is 24.7 Å². The van der Waals surface area contributed by atoms with Gasteiger partial charge in [-0.25, -0.2) is 4.79 Å². The number of nitrogens with one attached hydrogen (secondary N) is 1. The van der Waals surface area contributed by atoms with Crippen LogP contribution in [0.1, 0.15) is 32.1 Å². The molecule has 2 N–H and O–H groups in total. The lowest BCUT2D eigenvalue weighted by molar-refractivity contribution is -0.132. The molecule has 0 fully saturated rings. The molecular formula is C10H19NO2. The minimum absolute atomic E-state index is 0.327. The monoisotopic (exact) mass is 185 g/mol. The maximum atomic E-state index is 10.4. The zero-order chi connectivity index (χ0) is 10.1. The number of hydrogen-bond acceptors (Lipinski definition) is 2. The van der Waals surface area contributed by atoms with Crippen LogP contribution in [0.5, 0.6) is 0 Å². The van der Waals surface area contributed by atoms with Crippen molar-refractivity contribution in [3.05, 3.63) is 12.2 Å². The highest BCUT2D eigenvalue weighted by Crippen LogP contribution is 2.08. The van der Waals surface area contributed by atoms with Crippen LogP contribution >= 0.6 is 0 Å². The molecule has 13 heavy (non-hydrogen) atoms. The number of unbranched alkanes of at least 4 members (excludes halogenated alkanes) is 3. The zero-order valence-corrected chi connectivity index (χ0v) is 8.31. The molecule has 3 heteroatoms. The largest absolute Gasteiger partial charge is 0.478 e. The van der Waals surface area contributed by atoms with Gasteiger partial charge in [-0.2, -0.15) is 0 Å². The number of carboxylic acids is 1. The Bertz CT molecular complexity index is 166. The third-order valence-corrected chi connectivity index (χ3v) is 1.96. The molecule has 0 rings (SSSR count). The Morgan fingerprint density at radius 1 is 1.31 bits per heavy atom. The molecule has 0 aliphatic rings. The van der Waals surface area contributed by atoms with Crippen LogP contribution in [0.15, 0.2) is 12.2 Å². The summed E-state index contributed by atoms with van der Waals surface area (Å²) in [6, 6.07) is 0. The Hall–Kier alpha value is -0.830. The normalized spacial score (nSPS) is 9.92. The summed E-state index contributed by atoms with van der Waals surface area (Å²) in [6.45, 7) is 4.52. The Morgan fingerprint density at radius 3 is 2.46 bits per heavy atom. The molecular weight excluding hydrogens is 166 g/mol. The van der Waals surface area contributed by atoms with Crippen molar-refractivity contribution < 1.29 is 9.90 Å². The Morgan fingerprint density at radius 2 is 1.92 bits per heavy atom. The zero-order valence-electron chi connectivity index (χ0n) is 8.31. The van der Waals surface area contributed by atoms with Crippen LogP contribution < -0.4 is 5.32 Å². The van der Waals surface area contributed by atoms with Crippen molar-refractivity contribution in [2.45, 2.75) is 32.1 Å². The molecule has 0 spiro atoms. The Kier molecular flexibility index (Phi) is 7.30. The number of carbonyl (C=O) groups is 1. The van der Waals surface area contributed by atoms with Gasteiger partial charge in [-0.1, -0.05) is 19.4 Å². The lowest BCUT2D eigenvalue weighted by Gasteiger charge is -2.01. The van der Waals surface area contributed by atoms with E-state index in [1.165, 1.54) is 0 Å². The summed E-state index contributed by atoms with van der Waals surface area (Å²) < 4.78 is 0. The van der Waals surface area contributed by atoms with E-state index in [4.69, 9.17) is 5.11 Å². The molecule has 76 valence electrons. The van der Waals surface area contributed by atoms with Crippen LogP contribution in [0.4, 0.5) is 0 Å². The molecule has 0 atom stereocenters. The molecule has 0 aromatic rings. The van der Waals surface area contributed by atoms with E-state index in [1.54, 1.807) is 0 Å². The summed E-state index contributed by atoms with van der Waals surface area (Å²) in [6.07, 6.45) is 4.97. The van der Waals surface area contributed by atoms with Crippen LogP contribution in [0, 0.1) is 0 Å². The van der Waals surface area contributed by atoms with Gasteiger partial charge in [0.05, 0.1) is 0 Å². The molecule has 0 aromatic heterocycles. The average molecular weight is 185 g/mol. The lowest BCUT2D eigenvalue weighted by atomic mass is 10.1. The highest BCUT2D eigenvalue weighted by atomic mass is 16.4. The van der Waals surface area contributed by atoms with Crippen LogP contribution in [0.25, 0.3) is 0 Å². The molecule has 0 heterocycles. The second-order valence-electron chi connectivity index (χ2n) is 3.18. The standard InChI is InChI=1S/C10H19NO2/c1-9(10(12)13)7-5-3-4-6-8-11-2/h11H,1,3-8H2,2H3,(H,12,13). The lowest BCUT2D eigenvalue weighted by Crippen LogP contribution is -2.07.